The highest BCUT2D eigenvalue weighted by Gasteiger charge is 2.08. The summed E-state index contributed by atoms with van der Waals surface area (Å²) in [4.78, 5) is 0. The minimum Gasteiger partial charge on any atom is -0.198 e. The Kier molecular flexibility index (Phi) is 8.87. The summed E-state index contributed by atoms with van der Waals surface area (Å²) in [6.07, 6.45) is 6.36. The van der Waals surface area contributed by atoms with Gasteiger partial charge in [-0.05, 0) is 18.8 Å². The Bertz CT molecular complexity index is 199. The third-order valence-corrected chi connectivity index (χ3v) is 2.55. The number of nitrogens with zero attached hydrogens (tertiary/aromatic N) is 1. The second-order valence-electron chi connectivity index (χ2n) is 3.44. The largest absolute Gasteiger partial charge is 0.423 e. The number of rotatable bonds is 8. The number of nitriles is 1. The fourth-order valence-electron chi connectivity index (χ4n) is 0.888. The van der Waals surface area contributed by atoms with Gasteiger partial charge in [-0.3, -0.25) is 0 Å². The second-order valence-corrected chi connectivity index (χ2v) is 4.63. The summed E-state index contributed by atoms with van der Waals surface area (Å²) in [6, 6.07) is 2.01. The Hall–Kier alpha value is -0.420. The van der Waals surface area contributed by atoms with E-state index in [1.54, 1.807) is 0 Å². The summed E-state index contributed by atoms with van der Waals surface area (Å²) in [5, 5.41) is 8.27. The summed E-state index contributed by atoms with van der Waals surface area (Å²) in [5.41, 5.74) is 0. The summed E-state index contributed by atoms with van der Waals surface area (Å²) < 4.78 is 10.6. The molecule has 0 amide bonds. The highest BCUT2D eigenvalue weighted by molar-refractivity contribution is 7.45. The molecule has 4 heteroatoms. The van der Waals surface area contributed by atoms with Gasteiger partial charge in [0, 0.05) is 0 Å². The molecule has 14 heavy (non-hydrogen) atoms. The Labute approximate surface area is 87.6 Å². The number of hydrogen-bond donors (Lipinski definition) is 0. The van der Waals surface area contributed by atoms with E-state index in [1.165, 1.54) is 6.42 Å². The van der Waals surface area contributed by atoms with Crippen molar-refractivity contribution in [1.82, 2.24) is 0 Å². The molecule has 0 aromatic carbocycles. The van der Waals surface area contributed by atoms with Gasteiger partial charge in [-0.25, -0.2) is 0 Å². The molecule has 0 saturated heterocycles. The maximum Gasteiger partial charge on any atom is 0.423 e. The minimum atomic E-state index is -1.02. The van der Waals surface area contributed by atoms with E-state index in [0.717, 1.165) is 6.42 Å². The van der Waals surface area contributed by atoms with Crippen LogP contribution in [-0.4, -0.2) is 19.5 Å². The third kappa shape index (κ3) is 9.67. The fraction of sp³-hybridized carbons (Fsp3) is 0.800. The second kappa shape index (κ2) is 9.15. The molecule has 0 heterocycles. The molecule has 0 aromatic rings. The lowest BCUT2D eigenvalue weighted by Crippen LogP contribution is -1.94. The van der Waals surface area contributed by atoms with Crippen molar-refractivity contribution in [3.8, 4) is 6.07 Å². The van der Waals surface area contributed by atoms with Gasteiger partial charge in [0.2, 0.25) is 0 Å². The van der Waals surface area contributed by atoms with E-state index in [9.17, 15) is 0 Å². The topological polar surface area (TPSA) is 42.2 Å². The maximum atomic E-state index is 8.27. The molecule has 3 nitrogen and oxygen atoms in total. The Morgan fingerprint density at radius 1 is 1.36 bits per heavy atom. The lowest BCUT2D eigenvalue weighted by Gasteiger charge is -2.00. The summed E-state index contributed by atoms with van der Waals surface area (Å²) in [6.45, 7) is 5.52. The van der Waals surface area contributed by atoms with Gasteiger partial charge in [0.05, 0.1) is 12.5 Å². The highest BCUT2D eigenvalue weighted by atomic mass is 31.1. The molecule has 0 fully saturated rings. The summed E-state index contributed by atoms with van der Waals surface area (Å²) in [7, 11) is -1.02. The smallest absolute Gasteiger partial charge is 0.198 e. The Morgan fingerprint density at radius 2 is 2.00 bits per heavy atom. The normalized spacial score (nSPS) is 11.4. The molecule has 0 rings (SSSR count). The van der Waals surface area contributed by atoms with E-state index >= 15 is 0 Å². The average molecular weight is 216 g/mol. The molecule has 1 unspecified atom stereocenters. The predicted molar refractivity (Wildman–Crippen MR) is 60.2 cm³/mol. The SMILES string of the molecule is C=[P+](OCCC#N)OCCCC(C)C. The molecule has 0 spiro atoms. The van der Waals surface area contributed by atoms with E-state index in [-0.39, 0.29) is 0 Å². The lowest BCUT2D eigenvalue weighted by atomic mass is 10.1. The zero-order valence-electron chi connectivity index (χ0n) is 9.03. The molecule has 0 aliphatic carbocycles. The van der Waals surface area contributed by atoms with Crippen LogP contribution in [0.2, 0.25) is 0 Å². The first-order valence-electron chi connectivity index (χ1n) is 4.90. The Morgan fingerprint density at radius 3 is 2.57 bits per heavy atom. The van der Waals surface area contributed by atoms with E-state index in [4.69, 9.17) is 14.3 Å². The lowest BCUT2D eigenvalue weighted by molar-refractivity contribution is 0.258. The van der Waals surface area contributed by atoms with E-state index < -0.39 is 8.00 Å². The monoisotopic (exact) mass is 216 g/mol. The average Bonchev–Trinajstić information content (AvgIpc) is 2.13. The minimum absolute atomic E-state index is 0.406. The van der Waals surface area contributed by atoms with Crippen LogP contribution in [-0.2, 0) is 9.05 Å². The van der Waals surface area contributed by atoms with Crippen molar-refractivity contribution >= 4 is 14.3 Å². The molecule has 0 saturated carbocycles. The van der Waals surface area contributed by atoms with Crippen LogP contribution in [0, 0.1) is 17.2 Å². The van der Waals surface area contributed by atoms with Crippen LogP contribution in [0.15, 0.2) is 0 Å². The van der Waals surface area contributed by atoms with Crippen molar-refractivity contribution < 1.29 is 9.05 Å². The van der Waals surface area contributed by atoms with Gasteiger partial charge in [0.1, 0.15) is 19.5 Å². The van der Waals surface area contributed by atoms with Crippen LogP contribution >= 0.6 is 8.00 Å². The zero-order valence-corrected chi connectivity index (χ0v) is 9.93. The number of hydrogen-bond acceptors (Lipinski definition) is 3. The molecule has 1 atom stereocenters. The van der Waals surface area contributed by atoms with Crippen molar-refractivity contribution in [3.05, 3.63) is 0 Å². The van der Waals surface area contributed by atoms with Crippen LogP contribution in [0.25, 0.3) is 0 Å². The van der Waals surface area contributed by atoms with Gasteiger partial charge >= 0.3 is 8.00 Å². The molecule has 0 bridgehead atoms. The van der Waals surface area contributed by atoms with Crippen molar-refractivity contribution in [2.24, 2.45) is 5.92 Å². The van der Waals surface area contributed by atoms with Gasteiger partial charge in [-0.15, -0.1) is 0 Å². The van der Waals surface area contributed by atoms with Crippen LogP contribution in [0.4, 0.5) is 0 Å². The third-order valence-electron chi connectivity index (χ3n) is 1.61. The first-order chi connectivity index (χ1) is 6.66. The van der Waals surface area contributed by atoms with Crippen LogP contribution in [0.3, 0.4) is 0 Å². The van der Waals surface area contributed by atoms with Gasteiger partial charge in [0.15, 0.2) is 0 Å². The van der Waals surface area contributed by atoms with Crippen molar-refractivity contribution in [3.63, 3.8) is 0 Å². The van der Waals surface area contributed by atoms with Gasteiger partial charge in [-0.2, -0.15) is 14.3 Å². The van der Waals surface area contributed by atoms with Crippen molar-refractivity contribution in [1.29, 1.82) is 5.26 Å². The van der Waals surface area contributed by atoms with Crippen molar-refractivity contribution in [2.45, 2.75) is 33.1 Å². The summed E-state index contributed by atoms with van der Waals surface area (Å²) in [5.74, 6) is 0.717. The van der Waals surface area contributed by atoms with Crippen LogP contribution in [0.1, 0.15) is 33.1 Å². The molecule has 0 N–H and O–H groups in total. The van der Waals surface area contributed by atoms with Gasteiger partial charge in [0.25, 0.3) is 0 Å². The van der Waals surface area contributed by atoms with Gasteiger partial charge in [-0.1, -0.05) is 13.8 Å². The maximum absolute atomic E-state index is 8.27. The molecule has 0 radical (unpaired) electrons. The van der Waals surface area contributed by atoms with E-state index in [0.29, 0.717) is 25.6 Å². The quantitative estimate of drug-likeness (QED) is 0.462. The van der Waals surface area contributed by atoms with Crippen molar-refractivity contribution in [2.75, 3.05) is 13.2 Å². The van der Waals surface area contributed by atoms with Crippen LogP contribution in [0.5, 0.6) is 0 Å². The molecular formula is C10H19NO2P+. The van der Waals surface area contributed by atoms with Gasteiger partial charge < -0.3 is 0 Å². The molecule has 0 aliphatic rings. The molecule has 0 aromatic heterocycles. The van der Waals surface area contributed by atoms with E-state index in [2.05, 4.69) is 20.1 Å². The fourth-order valence-corrected chi connectivity index (χ4v) is 1.59. The first-order valence-corrected chi connectivity index (χ1v) is 6.26. The molecule has 0 aliphatic heterocycles. The molecule has 80 valence electrons. The highest BCUT2D eigenvalue weighted by Crippen LogP contribution is 2.23. The predicted octanol–water partition coefficient (Wildman–Crippen LogP) is 3.11. The van der Waals surface area contributed by atoms with E-state index in [1.807, 2.05) is 6.07 Å². The summed E-state index contributed by atoms with van der Waals surface area (Å²) >= 11 is 0. The standard InChI is InChI=1S/C10H19NO2P/c1-10(2)6-4-8-12-14(3)13-9-5-7-11/h10H,3-6,8-9H2,1-2H3/q+1. The zero-order chi connectivity index (χ0) is 10.8. The Balaban J connectivity index is 3.23. The molecular weight excluding hydrogens is 197 g/mol. The van der Waals surface area contributed by atoms with Crippen LogP contribution < -0.4 is 0 Å². The first kappa shape index (κ1) is 13.6.